The maximum atomic E-state index is 11.8. The van der Waals surface area contributed by atoms with Crippen molar-refractivity contribution in [3.05, 3.63) is 32.8 Å². The lowest BCUT2D eigenvalue weighted by Gasteiger charge is -2.17. The highest BCUT2D eigenvalue weighted by molar-refractivity contribution is 9.10. The van der Waals surface area contributed by atoms with Gasteiger partial charge in [-0.3, -0.25) is 14.9 Å². The van der Waals surface area contributed by atoms with Crippen molar-refractivity contribution in [2.24, 2.45) is 0 Å². The van der Waals surface area contributed by atoms with Gasteiger partial charge in [0.05, 0.1) is 9.40 Å². The molecule has 9 heteroatoms. The van der Waals surface area contributed by atoms with Gasteiger partial charge in [0, 0.05) is 31.8 Å². The summed E-state index contributed by atoms with van der Waals surface area (Å²) in [5, 5.41) is 21.8. The summed E-state index contributed by atoms with van der Waals surface area (Å²) in [7, 11) is 1.52. The summed E-state index contributed by atoms with van der Waals surface area (Å²) in [6, 6.07) is 3.78. The maximum absolute atomic E-state index is 11.8. The summed E-state index contributed by atoms with van der Waals surface area (Å²) in [6.07, 6.45) is 0.307. The van der Waals surface area contributed by atoms with Crippen LogP contribution in [-0.4, -0.2) is 40.5 Å². The number of halogens is 1. The van der Waals surface area contributed by atoms with Crippen molar-refractivity contribution in [2.75, 3.05) is 18.9 Å². The van der Waals surface area contributed by atoms with Crippen LogP contribution in [0, 0.1) is 10.1 Å². The van der Waals surface area contributed by atoms with Gasteiger partial charge in [-0.2, -0.15) is 0 Å². The van der Waals surface area contributed by atoms with E-state index < -0.39 is 16.9 Å². The van der Waals surface area contributed by atoms with Crippen LogP contribution in [-0.2, 0) is 4.79 Å². The number of carboxylic acid groups (broad SMARTS) is 1. The zero-order chi connectivity index (χ0) is 16.0. The summed E-state index contributed by atoms with van der Waals surface area (Å²) >= 11 is 3.05. The largest absolute Gasteiger partial charge is 0.481 e. The Balaban J connectivity index is 2.64. The van der Waals surface area contributed by atoms with E-state index in [0.717, 1.165) is 0 Å². The van der Waals surface area contributed by atoms with Crippen molar-refractivity contribution in [3.63, 3.8) is 0 Å². The first-order valence-electron chi connectivity index (χ1n) is 5.99. The molecule has 8 nitrogen and oxygen atoms in total. The lowest BCUT2D eigenvalue weighted by atomic mass is 10.3. The Morgan fingerprint density at radius 1 is 1.48 bits per heavy atom. The number of nitrogens with one attached hydrogen (secondary N) is 1. The molecule has 0 atom stereocenters. The molecule has 0 fully saturated rings. The smallest absolute Gasteiger partial charge is 0.321 e. The molecule has 0 saturated heterocycles. The molecule has 114 valence electrons. The number of carboxylic acids is 1. The Bertz CT molecular complexity index is 564. The number of hydrogen-bond acceptors (Lipinski definition) is 4. The van der Waals surface area contributed by atoms with Gasteiger partial charge < -0.3 is 15.3 Å². The second kappa shape index (κ2) is 7.58. The Labute approximate surface area is 129 Å². The Morgan fingerprint density at radius 3 is 2.71 bits per heavy atom. The fourth-order valence-electron chi connectivity index (χ4n) is 1.52. The van der Waals surface area contributed by atoms with Crippen molar-refractivity contribution in [1.82, 2.24) is 4.90 Å². The Kier molecular flexibility index (Phi) is 6.10. The first-order chi connectivity index (χ1) is 9.81. The minimum atomic E-state index is -0.924. The fourth-order valence-corrected chi connectivity index (χ4v) is 1.91. The predicted octanol–water partition coefficient (Wildman–Crippen LogP) is 2.69. The normalized spacial score (nSPS) is 10.0. The third kappa shape index (κ3) is 5.38. The zero-order valence-electron chi connectivity index (χ0n) is 11.2. The second-order valence-electron chi connectivity index (χ2n) is 4.27. The minimum Gasteiger partial charge on any atom is -0.481 e. The molecule has 0 spiro atoms. The molecule has 0 aliphatic heterocycles. The van der Waals surface area contributed by atoms with Gasteiger partial charge in [-0.25, -0.2) is 4.79 Å². The highest BCUT2D eigenvalue weighted by Crippen LogP contribution is 2.27. The van der Waals surface area contributed by atoms with Gasteiger partial charge in [0.1, 0.15) is 0 Å². The van der Waals surface area contributed by atoms with Crippen LogP contribution >= 0.6 is 15.9 Å². The average Bonchev–Trinajstić information content (AvgIpc) is 2.40. The molecule has 1 aromatic carbocycles. The first-order valence-corrected chi connectivity index (χ1v) is 6.78. The molecular weight excluding hydrogens is 346 g/mol. The van der Waals surface area contributed by atoms with E-state index in [-0.39, 0.29) is 18.7 Å². The van der Waals surface area contributed by atoms with Gasteiger partial charge in [-0.05, 0) is 34.5 Å². The molecule has 1 rings (SSSR count). The van der Waals surface area contributed by atoms with E-state index in [2.05, 4.69) is 21.2 Å². The molecular formula is C12H14BrN3O5. The van der Waals surface area contributed by atoms with E-state index in [0.29, 0.717) is 16.6 Å². The number of nitrogens with zero attached hydrogens (tertiary/aromatic N) is 2. The quantitative estimate of drug-likeness (QED) is 0.598. The standard InChI is InChI=1S/C12H14BrN3O5/c1-15(6-2-3-11(17)18)12(19)14-8-4-5-9(13)10(7-8)16(20)21/h4-5,7H,2-3,6H2,1H3,(H,14,19)(H,17,18). The molecule has 0 aliphatic carbocycles. The van der Waals surface area contributed by atoms with Gasteiger partial charge in [0.2, 0.25) is 0 Å². The number of carbonyl (C=O) groups is 2. The molecule has 0 aromatic heterocycles. The van der Waals surface area contributed by atoms with Crippen LogP contribution in [0.5, 0.6) is 0 Å². The Hall–Kier alpha value is -2.16. The number of nitro benzene ring substituents is 1. The highest BCUT2D eigenvalue weighted by Gasteiger charge is 2.15. The lowest BCUT2D eigenvalue weighted by molar-refractivity contribution is -0.385. The number of benzene rings is 1. The third-order valence-electron chi connectivity index (χ3n) is 2.62. The highest BCUT2D eigenvalue weighted by atomic mass is 79.9. The van der Waals surface area contributed by atoms with Crippen molar-refractivity contribution in [3.8, 4) is 0 Å². The fraction of sp³-hybridized carbons (Fsp3) is 0.333. The first kappa shape index (κ1) is 16.9. The van der Waals surface area contributed by atoms with Crippen LogP contribution < -0.4 is 5.32 Å². The van der Waals surface area contributed by atoms with E-state index in [9.17, 15) is 19.7 Å². The van der Waals surface area contributed by atoms with E-state index in [1.807, 2.05) is 0 Å². The van der Waals surface area contributed by atoms with Crippen molar-refractivity contribution in [2.45, 2.75) is 12.8 Å². The summed E-state index contributed by atoms with van der Waals surface area (Å²) in [5.41, 5.74) is 0.140. The molecule has 0 bridgehead atoms. The number of hydrogen-bond donors (Lipinski definition) is 2. The number of carbonyl (C=O) groups excluding carboxylic acids is 1. The molecule has 0 aliphatic rings. The van der Waals surface area contributed by atoms with Crippen LogP contribution in [0.1, 0.15) is 12.8 Å². The molecule has 0 radical (unpaired) electrons. The van der Waals surface area contributed by atoms with Gasteiger partial charge in [0.15, 0.2) is 0 Å². The monoisotopic (exact) mass is 359 g/mol. The molecule has 2 N–H and O–H groups in total. The third-order valence-corrected chi connectivity index (χ3v) is 3.30. The van der Waals surface area contributed by atoms with Crippen LogP contribution in [0.2, 0.25) is 0 Å². The van der Waals surface area contributed by atoms with Crippen molar-refractivity contribution < 1.29 is 19.6 Å². The number of amides is 2. The van der Waals surface area contributed by atoms with Gasteiger partial charge >= 0.3 is 12.0 Å². The summed E-state index contributed by atoms with van der Waals surface area (Å²) in [5.74, 6) is -0.924. The van der Waals surface area contributed by atoms with Crippen molar-refractivity contribution >= 4 is 39.3 Å². The molecule has 0 saturated carbocycles. The van der Waals surface area contributed by atoms with E-state index in [1.165, 1.54) is 30.1 Å². The SMILES string of the molecule is CN(CCCC(=O)O)C(=O)Nc1ccc(Br)c([N+](=O)[O-])c1. The molecule has 0 heterocycles. The number of urea groups is 1. The van der Waals surface area contributed by atoms with Gasteiger partial charge in [0.25, 0.3) is 5.69 Å². The molecule has 21 heavy (non-hydrogen) atoms. The number of nitro groups is 1. The average molecular weight is 360 g/mol. The molecule has 0 unspecified atom stereocenters. The predicted molar refractivity (Wildman–Crippen MR) is 79.3 cm³/mol. The number of anilines is 1. The topological polar surface area (TPSA) is 113 Å². The molecule has 1 aromatic rings. The summed E-state index contributed by atoms with van der Waals surface area (Å²) < 4.78 is 0.320. The van der Waals surface area contributed by atoms with Crippen LogP contribution in [0.15, 0.2) is 22.7 Å². The second-order valence-corrected chi connectivity index (χ2v) is 5.13. The summed E-state index contributed by atoms with van der Waals surface area (Å²) in [6.45, 7) is 0.275. The van der Waals surface area contributed by atoms with Gasteiger partial charge in [-0.15, -0.1) is 0 Å². The van der Waals surface area contributed by atoms with Crippen LogP contribution in [0.25, 0.3) is 0 Å². The van der Waals surface area contributed by atoms with E-state index >= 15 is 0 Å². The van der Waals surface area contributed by atoms with Crippen molar-refractivity contribution in [1.29, 1.82) is 0 Å². The zero-order valence-corrected chi connectivity index (χ0v) is 12.8. The maximum Gasteiger partial charge on any atom is 0.321 e. The summed E-state index contributed by atoms with van der Waals surface area (Å²) in [4.78, 5) is 33.8. The number of rotatable bonds is 6. The van der Waals surface area contributed by atoms with Crippen LogP contribution in [0.4, 0.5) is 16.2 Å². The van der Waals surface area contributed by atoms with E-state index in [4.69, 9.17) is 5.11 Å². The number of aliphatic carboxylic acids is 1. The Morgan fingerprint density at radius 2 is 2.14 bits per heavy atom. The van der Waals surface area contributed by atoms with Gasteiger partial charge in [-0.1, -0.05) is 0 Å². The lowest BCUT2D eigenvalue weighted by Crippen LogP contribution is -2.32. The van der Waals surface area contributed by atoms with E-state index in [1.54, 1.807) is 0 Å². The van der Waals surface area contributed by atoms with Crippen LogP contribution in [0.3, 0.4) is 0 Å². The molecule has 2 amide bonds. The minimum absolute atomic E-state index is 0.0264.